The summed E-state index contributed by atoms with van der Waals surface area (Å²) >= 11 is 0. The van der Waals surface area contributed by atoms with Crippen molar-refractivity contribution in [1.82, 2.24) is 4.90 Å². The highest BCUT2D eigenvalue weighted by Crippen LogP contribution is 2.22. The zero-order valence-corrected chi connectivity index (χ0v) is 22.3. The lowest BCUT2D eigenvalue weighted by Crippen LogP contribution is -2.39. The average Bonchev–Trinajstić information content (AvgIpc) is 2.91. The molecule has 0 aliphatic rings. The van der Waals surface area contributed by atoms with Crippen LogP contribution in [0.1, 0.15) is 49.2 Å². The third-order valence-electron chi connectivity index (χ3n) is 6.24. The molecule has 3 aromatic carbocycles. The number of aliphatic hydroxyl groups is 2. The summed E-state index contributed by atoms with van der Waals surface area (Å²) in [5.74, 6) is 0.240. The maximum atomic E-state index is 11.5. The number of nitrogens with zero attached hydrogens (tertiary/aromatic N) is 1. The molecule has 2 N–H and O–H groups in total. The molecule has 0 aromatic heterocycles. The van der Waals surface area contributed by atoms with Crippen molar-refractivity contribution in [3.05, 3.63) is 102 Å². The summed E-state index contributed by atoms with van der Waals surface area (Å²) in [5, 5.41) is 21.8. The van der Waals surface area contributed by atoms with Gasteiger partial charge in [0.2, 0.25) is 0 Å². The van der Waals surface area contributed by atoms with Crippen LogP contribution in [0.5, 0.6) is 5.75 Å². The first-order valence-corrected chi connectivity index (χ1v) is 12.5. The van der Waals surface area contributed by atoms with E-state index < -0.39 is 12.2 Å². The Morgan fingerprint density at radius 1 is 0.838 bits per heavy atom. The van der Waals surface area contributed by atoms with Gasteiger partial charge in [-0.1, -0.05) is 72.8 Å². The molecule has 7 heteroatoms. The van der Waals surface area contributed by atoms with Crippen molar-refractivity contribution in [3.63, 3.8) is 0 Å². The van der Waals surface area contributed by atoms with Crippen LogP contribution < -0.4 is 4.74 Å². The number of benzene rings is 3. The van der Waals surface area contributed by atoms with Crippen molar-refractivity contribution in [2.45, 2.75) is 44.9 Å². The molecule has 0 aliphatic carbocycles. The van der Waals surface area contributed by atoms with Gasteiger partial charge >= 0.3 is 5.97 Å². The van der Waals surface area contributed by atoms with Crippen LogP contribution in [-0.2, 0) is 16.0 Å². The largest absolute Gasteiger partial charge is 0.482 e. The third kappa shape index (κ3) is 10.2. The lowest BCUT2D eigenvalue weighted by molar-refractivity contribution is -0.145. The standard InChI is InChI=1S/C30H37NO5.ClH/c1-3-35-30(34)22-36-27-18-16-24(17-19-27)15-14-23(2)31(20-28(32)25-10-6-4-7-11-25)21-29(33)26-12-8-5-9-13-26;/h4-13,16-19,23,28-29,32-33H,3,14-15,20-22H2,1-2H3;1H. The second-order valence-electron chi connectivity index (χ2n) is 8.93. The van der Waals surface area contributed by atoms with Crippen LogP contribution in [0.3, 0.4) is 0 Å². The number of carbonyl (C=O) groups is 1. The Labute approximate surface area is 226 Å². The van der Waals surface area contributed by atoms with E-state index in [-0.39, 0.29) is 31.0 Å². The van der Waals surface area contributed by atoms with Crippen LogP contribution in [0.4, 0.5) is 0 Å². The quantitative estimate of drug-likeness (QED) is 0.283. The summed E-state index contributed by atoms with van der Waals surface area (Å²) < 4.78 is 10.4. The van der Waals surface area contributed by atoms with Crippen LogP contribution in [0.15, 0.2) is 84.9 Å². The first kappa shape index (κ1) is 30.3. The fourth-order valence-electron chi connectivity index (χ4n) is 4.10. The summed E-state index contributed by atoms with van der Waals surface area (Å²) in [7, 11) is 0. The SMILES string of the molecule is CCOC(=O)COc1ccc(CCC(C)N(CC(O)c2ccccc2)CC(O)c2ccccc2)cc1.Cl. The summed E-state index contributed by atoms with van der Waals surface area (Å²) in [6.07, 6.45) is 0.394. The summed E-state index contributed by atoms with van der Waals surface area (Å²) in [4.78, 5) is 13.6. The van der Waals surface area contributed by atoms with Crippen molar-refractivity contribution in [2.24, 2.45) is 0 Å². The van der Waals surface area contributed by atoms with Crippen molar-refractivity contribution < 1.29 is 24.5 Å². The molecule has 0 fully saturated rings. The van der Waals surface area contributed by atoms with Crippen LogP contribution in [0.25, 0.3) is 0 Å². The predicted octanol–water partition coefficient (Wildman–Crippen LogP) is 5.14. The van der Waals surface area contributed by atoms with E-state index in [9.17, 15) is 15.0 Å². The van der Waals surface area contributed by atoms with E-state index >= 15 is 0 Å². The van der Waals surface area contributed by atoms with Gasteiger partial charge in [-0.05, 0) is 55.5 Å². The van der Waals surface area contributed by atoms with Crippen molar-refractivity contribution in [1.29, 1.82) is 0 Å². The molecular formula is C30H38ClNO5. The molecule has 0 heterocycles. The first-order valence-electron chi connectivity index (χ1n) is 12.5. The molecule has 0 bridgehead atoms. The van der Waals surface area contributed by atoms with Crippen LogP contribution in [0, 0.1) is 0 Å². The minimum absolute atomic E-state index is 0. The smallest absolute Gasteiger partial charge is 0.344 e. The van der Waals surface area contributed by atoms with Crippen LogP contribution in [0.2, 0.25) is 0 Å². The molecule has 3 rings (SSSR count). The highest BCUT2D eigenvalue weighted by molar-refractivity contribution is 5.85. The van der Waals surface area contributed by atoms with Crippen molar-refractivity contribution in [3.8, 4) is 5.75 Å². The molecule has 3 unspecified atom stereocenters. The Kier molecular flexibility index (Phi) is 13.2. The Morgan fingerprint density at radius 3 is 1.84 bits per heavy atom. The van der Waals surface area contributed by atoms with Gasteiger partial charge < -0.3 is 19.7 Å². The maximum Gasteiger partial charge on any atom is 0.344 e. The lowest BCUT2D eigenvalue weighted by Gasteiger charge is -2.33. The van der Waals surface area contributed by atoms with E-state index in [2.05, 4.69) is 11.8 Å². The Bertz CT molecular complexity index is 985. The molecule has 3 aromatic rings. The highest BCUT2D eigenvalue weighted by atomic mass is 35.5. The lowest BCUT2D eigenvalue weighted by atomic mass is 10.0. The molecule has 0 aliphatic heterocycles. The van der Waals surface area contributed by atoms with Gasteiger partial charge in [0.1, 0.15) is 5.75 Å². The third-order valence-corrected chi connectivity index (χ3v) is 6.24. The molecule has 0 spiro atoms. The summed E-state index contributed by atoms with van der Waals surface area (Å²) in [6, 6.07) is 27.1. The molecule has 0 amide bonds. The monoisotopic (exact) mass is 527 g/mol. The predicted molar refractivity (Wildman–Crippen MR) is 148 cm³/mol. The van der Waals surface area contributed by atoms with Gasteiger partial charge in [0.05, 0.1) is 18.8 Å². The molecular weight excluding hydrogens is 490 g/mol. The van der Waals surface area contributed by atoms with Gasteiger partial charge in [-0.3, -0.25) is 4.90 Å². The number of halogens is 1. The van der Waals surface area contributed by atoms with E-state index in [0.29, 0.717) is 25.4 Å². The topological polar surface area (TPSA) is 79.2 Å². The van der Waals surface area contributed by atoms with E-state index in [1.165, 1.54) is 0 Å². The highest BCUT2D eigenvalue weighted by Gasteiger charge is 2.22. The Hall–Kier alpha value is -2.90. The fraction of sp³-hybridized carbons (Fsp3) is 0.367. The minimum Gasteiger partial charge on any atom is -0.482 e. The maximum absolute atomic E-state index is 11.5. The molecule has 0 saturated carbocycles. The van der Waals surface area contributed by atoms with Crippen molar-refractivity contribution in [2.75, 3.05) is 26.3 Å². The number of hydrogen-bond acceptors (Lipinski definition) is 6. The van der Waals surface area contributed by atoms with Gasteiger partial charge in [0.25, 0.3) is 0 Å². The van der Waals surface area contributed by atoms with Gasteiger partial charge in [-0.25, -0.2) is 4.79 Å². The molecule has 200 valence electrons. The number of ether oxygens (including phenoxy) is 2. The number of aryl methyl sites for hydroxylation is 1. The second kappa shape index (κ2) is 16.0. The summed E-state index contributed by atoms with van der Waals surface area (Å²) in [6.45, 7) is 4.98. The Morgan fingerprint density at radius 2 is 1.35 bits per heavy atom. The van der Waals surface area contributed by atoms with Crippen LogP contribution in [-0.4, -0.2) is 53.4 Å². The van der Waals surface area contributed by atoms with Crippen molar-refractivity contribution >= 4 is 18.4 Å². The first-order chi connectivity index (χ1) is 17.5. The minimum atomic E-state index is -0.646. The normalized spacial score (nSPS) is 13.3. The molecule has 37 heavy (non-hydrogen) atoms. The van der Waals surface area contributed by atoms with E-state index in [0.717, 1.165) is 29.5 Å². The number of esters is 1. The number of hydrogen-bond donors (Lipinski definition) is 2. The second-order valence-corrected chi connectivity index (χ2v) is 8.93. The number of aliphatic hydroxyl groups excluding tert-OH is 2. The van der Waals surface area contributed by atoms with Gasteiger partial charge in [-0.15, -0.1) is 12.4 Å². The van der Waals surface area contributed by atoms with Gasteiger partial charge in [0, 0.05) is 19.1 Å². The molecule has 3 atom stereocenters. The fourth-order valence-corrected chi connectivity index (χ4v) is 4.10. The van der Waals surface area contributed by atoms with E-state index in [1.807, 2.05) is 84.9 Å². The molecule has 0 saturated heterocycles. The van der Waals surface area contributed by atoms with Gasteiger partial charge in [-0.2, -0.15) is 0 Å². The van der Waals surface area contributed by atoms with Gasteiger partial charge in [0.15, 0.2) is 6.61 Å². The number of rotatable bonds is 14. The average molecular weight is 528 g/mol. The summed E-state index contributed by atoms with van der Waals surface area (Å²) in [5.41, 5.74) is 2.88. The Balaban J connectivity index is 0.00000481. The molecule has 6 nitrogen and oxygen atoms in total. The zero-order chi connectivity index (χ0) is 25.8. The van der Waals surface area contributed by atoms with Crippen LogP contribution >= 0.6 is 12.4 Å². The number of carbonyl (C=O) groups excluding carboxylic acids is 1. The van der Waals surface area contributed by atoms with E-state index in [1.54, 1.807) is 6.92 Å². The zero-order valence-electron chi connectivity index (χ0n) is 21.5. The molecule has 0 radical (unpaired) electrons. The van der Waals surface area contributed by atoms with E-state index in [4.69, 9.17) is 9.47 Å².